The first-order valence-corrected chi connectivity index (χ1v) is 21.1. The first-order valence-electron chi connectivity index (χ1n) is 21.1. The molecule has 0 radical (unpaired) electrons. The summed E-state index contributed by atoms with van der Waals surface area (Å²) in [6.07, 6.45) is 0. The van der Waals surface area contributed by atoms with Crippen molar-refractivity contribution in [1.82, 2.24) is 0 Å². The van der Waals surface area contributed by atoms with Gasteiger partial charge >= 0.3 is 0 Å². The zero-order chi connectivity index (χ0) is 40.7. The van der Waals surface area contributed by atoms with Crippen molar-refractivity contribution < 1.29 is 4.42 Å². The quantitative estimate of drug-likeness (QED) is 0.156. The summed E-state index contributed by atoms with van der Waals surface area (Å²) < 4.78 is 6.09. The van der Waals surface area contributed by atoms with E-state index in [0.717, 1.165) is 39.0 Å². The topological polar surface area (TPSA) is 16.4 Å². The van der Waals surface area contributed by atoms with E-state index in [0.29, 0.717) is 0 Å². The molecule has 0 amide bonds. The van der Waals surface area contributed by atoms with E-state index >= 15 is 0 Å². The first-order chi connectivity index (χ1) is 29.9. The highest BCUT2D eigenvalue weighted by Gasteiger charge is 2.36. The molecule has 1 aliphatic carbocycles. The Bertz CT molecular complexity index is 3480. The third kappa shape index (κ3) is 5.86. The van der Waals surface area contributed by atoms with Gasteiger partial charge in [-0.25, -0.2) is 0 Å². The van der Waals surface area contributed by atoms with Crippen molar-refractivity contribution in [2.45, 2.75) is 19.3 Å². The molecule has 2 heteroatoms. The van der Waals surface area contributed by atoms with Crippen LogP contribution >= 0.6 is 0 Å². The summed E-state index contributed by atoms with van der Waals surface area (Å²) in [6, 6.07) is 77.6. The van der Waals surface area contributed by atoms with E-state index < -0.39 is 0 Å². The van der Waals surface area contributed by atoms with E-state index in [1.54, 1.807) is 0 Å². The highest BCUT2D eigenvalue weighted by Crippen LogP contribution is 2.52. The molecule has 61 heavy (non-hydrogen) atoms. The Hall–Kier alpha value is -7.68. The number of nitrogens with zero attached hydrogens (tertiary/aromatic N) is 1. The Balaban J connectivity index is 0.922. The minimum Gasteiger partial charge on any atom is -0.456 e. The van der Waals surface area contributed by atoms with E-state index in [1.807, 2.05) is 12.1 Å². The normalized spacial score (nSPS) is 12.9. The Morgan fingerprint density at radius 2 is 0.820 bits per heavy atom. The Kier molecular flexibility index (Phi) is 7.92. The summed E-state index contributed by atoms with van der Waals surface area (Å²) in [4.78, 5) is 2.42. The fourth-order valence-corrected chi connectivity index (χ4v) is 9.75. The molecule has 1 heterocycles. The van der Waals surface area contributed by atoms with Crippen LogP contribution in [0, 0.1) is 0 Å². The highest BCUT2D eigenvalue weighted by molar-refractivity contribution is 6.06. The summed E-state index contributed by atoms with van der Waals surface area (Å²) in [5.74, 6) is 0. The maximum absolute atomic E-state index is 6.09. The molecule has 0 aliphatic heterocycles. The predicted octanol–water partition coefficient (Wildman–Crippen LogP) is 16.7. The van der Waals surface area contributed by atoms with Crippen LogP contribution in [0.5, 0.6) is 0 Å². The number of furan rings is 1. The molecule has 0 unspecified atom stereocenters. The van der Waals surface area contributed by atoms with Crippen LogP contribution in [0.2, 0.25) is 0 Å². The average molecular weight is 780 g/mol. The Morgan fingerprint density at radius 3 is 1.59 bits per heavy atom. The molecule has 288 valence electrons. The number of anilines is 3. The first kappa shape index (κ1) is 35.3. The number of rotatable bonds is 6. The van der Waals surface area contributed by atoms with Gasteiger partial charge in [0.05, 0.1) is 0 Å². The minimum atomic E-state index is -0.173. The summed E-state index contributed by atoms with van der Waals surface area (Å²) in [7, 11) is 0. The molecule has 0 N–H and O–H groups in total. The van der Waals surface area contributed by atoms with Crippen LogP contribution in [-0.2, 0) is 5.41 Å². The van der Waals surface area contributed by atoms with Crippen LogP contribution in [0.1, 0.15) is 25.0 Å². The number of hydrogen-bond donors (Lipinski definition) is 0. The fourth-order valence-electron chi connectivity index (χ4n) is 9.75. The van der Waals surface area contributed by atoms with Gasteiger partial charge in [-0.05, 0) is 150 Å². The monoisotopic (exact) mass is 779 g/mol. The number of benzene rings is 10. The van der Waals surface area contributed by atoms with E-state index in [2.05, 4.69) is 219 Å². The van der Waals surface area contributed by atoms with Crippen LogP contribution in [0.15, 0.2) is 217 Å². The van der Waals surface area contributed by atoms with Gasteiger partial charge in [-0.3, -0.25) is 0 Å². The van der Waals surface area contributed by atoms with Crippen molar-refractivity contribution in [2.24, 2.45) is 0 Å². The lowest BCUT2D eigenvalue weighted by molar-refractivity contribution is 0.660. The van der Waals surface area contributed by atoms with E-state index in [4.69, 9.17) is 4.42 Å². The third-order valence-electron chi connectivity index (χ3n) is 13.0. The highest BCUT2D eigenvalue weighted by atomic mass is 16.3. The van der Waals surface area contributed by atoms with Crippen molar-refractivity contribution in [3.8, 4) is 44.5 Å². The molecule has 0 saturated heterocycles. The van der Waals surface area contributed by atoms with Crippen molar-refractivity contribution in [3.05, 3.63) is 223 Å². The van der Waals surface area contributed by atoms with Gasteiger partial charge in [-0.15, -0.1) is 0 Å². The molecular weight excluding hydrogens is 739 g/mol. The zero-order valence-corrected chi connectivity index (χ0v) is 34.1. The van der Waals surface area contributed by atoms with E-state index in [9.17, 15) is 0 Å². The summed E-state index contributed by atoms with van der Waals surface area (Å²) >= 11 is 0. The molecular formula is C59H41NO. The third-order valence-corrected chi connectivity index (χ3v) is 13.0. The number of fused-ring (bicyclic) bond motifs is 8. The molecule has 11 aromatic rings. The molecule has 0 fully saturated rings. The van der Waals surface area contributed by atoms with Gasteiger partial charge in [0.25, 0.3) is 0 Å². The van der Waals surface area contributed by atoms with Crippen molar-refractivity contribution in [1.29, 1.82) is 0 Å². The van der Waals surface area contributed by atoms with Crippen molar-refractivity contribution in [2.75, 3.05) is 4.90 Å². The molecule has 0 saturated carbocycles. The van der Waals surface area contributed by atoms with Crippen molar-refractivity contribution in [3.63, 3.8) is 0 Å². The van der Waals surface area contributed by atoms with E-state index in [1.165, 1.54) is 77.2 Å². The lowest BCUT2D eigenvalue weighted by atomic mass is 9.81. The largest absolute Gasteiger partial charge is 0.456 e. The van der Waals surface area contributed by atoms with Crippen LogP contribution in [0.25, 0.3) is 88.0 Å². The number of para-hydroxylation sites is 1. The molecule has 1 aromatic heterocycles. The fraction of sp³-hybridized carbons (Fsp3) is 0.0508. The molecule has 0 atom stereocenters. The lowest BCUT2D eigenvalue weighted by Crippen LogP contribution is -2.16. The van der Waals surface area contributed by atoms with E-state index in [-0.39, 0.29) is 5.41 Å². The van der Waals surface area contributed by atoms with Crippen LogP contribution in [0.4, 0.5) is 17.1 Å². The zero-order valence-electron chi connectivity index (χ0n) is 34.1. The Morgan fingerprint density at radius 1 is 0.328 bits per heavy atom. The maximum Gasteiger partial charge on any atom is 0.135 e. The van der Waals surface area contributed by atoms with Crippen molar-refractivity contribution >= 4 is 60.5 Å². The second-order valence-electron chi connectivity index (χ2n) is 17.0. The van der Waals surface area contributed by atoms with Gasteiger partial charge in [-0.1, -0.05) is 153 Å². The summed E-state index contributed by atoms with van der Waals surface area (Å²) in [5, 5.41) is 7.25. The molecule has 12 rings (SSSR count). The SMILES string of the molecule is CC1(C)c2cc(-c3ccccc3)ccc2-c2ccc(N(c3ccc(-c4ccc(-c5ccc6oc7ccccc7c6c5)cc4)cc3)c3ccc4cc5ccccc5cc4c3)cc21. The lowest BCUT2D eigenvalue weighted by Gasteiger charge is -2.28. The average Bonchev–Trinajstić information content (AvgIpc) is 3.79. The predicted molar refractivity (Wildman–Crippen MR) is 257 cm³/mol. The van der Waals surface area contributed by atoms with Gasteiger partial charge in [0, 0.05) is 33.2 Å². The molecule has 2 nitrogen and oxygen atoms in total. The van der Waals surface area contributed by atoms with Crippen LogP contribution in [-0.4, -0.2) is 0 Å². The second-order valence-corrected chi connectivity index (χ2v) is 17.0. The second kappa shape index (κ2) is 13.7. The smallest absolute Gasteiger partial charge is 0.135 e. The van der Waals surface area contributed by atoms with Gasteiger partial charge in [0.1, 0.15) is 11.2 Å². The molecule has 1 aliphatic rings. The van der Waals surface area contributed by atoms with Gasteiger partial charge in [0.2, 0.25) is 0 Å². The number of hydrogen-bond acceptors (Lipinski definition) is 2. The van der Waals surface area contributed by atoms with Gasteiger partial charge < -0.3 is 9.32 Å². The molecule has 0 spiro atoms. The maximum atomic E-state index is 6.09. The molecule has 10 aromatic carbocycles. The molecule has 0 bridgehead atoms. The van der Waals surface area contributed by atoms with Gasteiger partial charge in [0.15, 0.2) is 0 Å². The Labute approximate surface area is 355 Å². The van der Waals surface area contributed by atoms with Crippen LogP contribution in [0.3, 0.4) is 0 Å². The van der Waals surface area contributed by atoms with Crippen LogP contribution < -0.4 is 4.90 Å². The minimum absolute atomic E-state index is 0.173. The standard InChI is InChI=1S/C59H41NO/c1-59(2)55-36-46(38-10-4-3-5-11-38)23-29-51(55)52-30-28-50(37-56(52)59)60(49-27-22-44-32-42-12-6-7-13-43(42)33-47(44)34-49)48-25-20-40(21-26-48)39-16-18-41(19-17-39)45-24-31-58-54(35-45)53-14-8-9-15-57(53)61-58/h3-37H,1-2H3. The summed E-state index contributed by atoms with van der Waals surface area (Å²) in [5.41, 5.74) is 17.6. The van der Waals surface area contributed by atoms with Gasteiger partial charge in [-0.2, -0.15) is 0 Å². The summed E-state index contributed by atoms with van der Waals surface area (Å²) in [6.45, 7) is 4.75.